The maximum atomic E-state index is 12.6. The summed E-state index contributed by atoms with van der Waals surface area (Å²) in [5.74, 6) is -2.33. The van der Waals surface area contributed by atoms with E-state index in [4.69, 9.17) is 11.6 Å². The first-order chi connectivity index (χ1) is 12.4. The van der Waals surface area contributed by atoms with Crippen molar-refractivity contribution >= 4 is 41.0 Å². The summed E-state index contributed by atoms with van der Waals surface area (Å²) < 4.78 is 0. The lowest BCUT2D eigenvalue weighted by Crippen LogP contribution is -2.46. The molecule has 0 radical (unpaired) electrons. The summed E-state index contributed by atoms with van der Waals surface area (Å²) in [7, 11) is 0. The first-order valence-corrected chi connectivity index (χ1v) is 8.87. The lowest BCUT2D eigenvalue weighted by Gasteiger charge is -2.34. The molecular formula is C17H19ClN4O4. The largest absolute Gasteiger partial charge is 0.334 e. The third-order valence-electron chi connectivity index (χ3n) is 4.82. The molecule has 0 bridgehead atoms. The van der Waals surface area contributed by atoms with Crippen molar-refractivity contribution in [1.82, 2.24) is 14.8 Å². The molecule has 0 aromatic carbocycles. The van der Waals surface area contributed by atoms with Crippen molar-refractivity contribution < 1.29 is 19.2 Å². The molecule has 1 N–H and O–H groups in total. The number of carbonyl (C=O) groups excluding carboxylic acids is 4. The number of nitrogens with zero attached hydrogens (tertiary/aromatic N) is 3. The third-order valence-corrected chi connectivity index (χ3v) is 5.12. The number of hydrogen-bond acceptors (Lipinski definition) is 5. The van der Waals surface area contributed by atoms with Gasteiger partial charge in [0.05, 0.1) is 5.69 Å². The zero-order valence-corrected chi connectivity index (χ0v) is 15.0. The maximum absolute atomic E-state index is 12.6. The number of urea groups is 1. The van der Waals surface area contributed by atoms with E-state index in [0.717, 1.165) is 24.2 Å². The zero-order valence-electron chi connectivity index (χ0n) is 14.3. The quantitative estimate of drug-likeness (QED) is 0.491. The molecule has 9 heteroatoms. The minimum absolute atomic E-state index is 0.0914. The highest BCUT2D eigenvalue weighted by Crippen LogP contribution is 2.31. The van der Waals surface area contributed by atoms with Gasteiger partial charge in [-0.1, -0.05) is 31.4 Å². The topological polar surface area (TPSA) is 99.7 Å². The summed E-state index contributed by atoms with van der Waals surface area (Å²) in [5.41, 5.74) is 0.266. The number of nitrogens with one attached hydrogen (secondary N) is 1. The number of hydrogen-bond donors (Lipinski definition) is 1. The van der Waals surface area contributed by atoms with E-state index < -0.39 is 30.3 Å². The molecule has 2 atom stereocenters. The molecule has 8 nitrogen and oxygen atoms in total. The molecule has 1 aliphatic heterocycles. The smallest absolute Gasteiger partial charge is 0.322 e. The minimum Gasteiger partial charge on any atom is -0.322 e. The number of carbonyl (C=O) groups is 4. The van der Waals surface area contributed by atoms with Crippen LogP contribution < -0.4 is 5.32 Å². The van der Waals surface area contributed by atoms with Crippen molar-refractivity contribution in [1.29, 1.82) is 0 Å². The average Bonchev–Trinajstić information content (AvgIpc) is 2.81. The van der Waals surface area contributed by atoms with Crippen LogP contribution in [0.2, 0.25) is 5.15 Å². The van der Waals surface area contributed by atoms with Gasteiger partial charge in [-0.2, -0.15) is 0 Å². The van der Waals surface area contributed by atoms with Crippen LogP contribution >= 0.6 is 11.6 Å². The predicted octanol–water partition coefficient (Wildman–Crippen LogP) is 2.04. The molecular weight excluding hydrogens is 360 g/mol. The molecule has 1 saturated heterocycles. The van der Waals surface area contributed by atoms with E-state index in [9.17, 15) is 19.2 Å². The van der Waals surface area contributed by atoms with E-state index in [1.165, 1.54) is 6.20 Å². The van der Waals surface area contributed by atoms with Gasteiger partial charge in [0.15, 0.2) is 5.15 Å². The van der Waals surface area contributed by atoms with Crippen LogP contribution in [0.4, 0.5) is 10.5 Å². The molecule has 2 fully saturated rings. The summed E-state index contributed by atoms with van der Waals surface area (Å²) in [6.45, 7) is 1.42. The minimum atomic E-state index is -0.972. The highest BCUT2D eigenvalue weighted by atomic mass is 35.5. The van der Waals surface area contributed by atoms with Crippen LogP contribution in [0, 0.1) is 5.92 Å². The van der Waals surface area contributed by atoms with Crippen LogP contribution in [-0.4, -0.2) is 51.1 Å². The summed E-state index contributed by atoms with van der Waals surface area (Å²) in [6, 6.07) is 2.10. The Bertz CT molecular complexity index is 769. The lowest BCUT2D eigenvalue weighted by molar-refractivity contribution is -0.145. The average molecular weight is 379 g/mol. The molecule has 2 heterocycles. The third kappa shape index (κ3) is 3.41. The molecule has 3 rings (SSSR count). The molecule has 1 aromatic heterocycles. The highest BCUT2D eigenvalue weighted by Gasteiger charge is 2.49. The maximum Gasteiger partial charge on any atom is 0.334 e. The number of anilines is 1. The van der Waals surface area contributed by atoms with E-state index in [2.05, 4.69) is 10.3 Å². The zero-order chi connectivity index (χ0) is 18.8. The van der Waals surface area contributed by atoms with E-state index >= 15 is 0 Å². The van der Waals surface area contributed by atoms with Crippen molar-refractivity contribution in [2.75, 3.05) is 11.9 Å². The Labute approximate surface area is 155 Å². The predicted molar refractivity (Wildman–Crippen MR) is 93.3 cm³/mol. The van der Waals surface area contributed by atoms with Crippen molar-refractivity contribution in [2.24, 2.45) is 5.92 Å². The number of halogens is 1. The van der Waals surface area contributed by atoms with Crippen LogP contribution in [0.25, 0.3) is 0 Å². The summed E-state index contributed by atoms with van der Waals surface area (Å²) >= 11 is 5.87. The van der Waals surface area contributed by atoms with Gasteiger partial charge in [-0.3, -0.25) is 19.3 Å². The SMILES string of the molecule is C[C@H]1CCCC[C@H]1N1C(=O)C(=O)N(CC(=O)Nc2cccnc2Cl)C1=O. The molecule has 1 aliphatic carbocycles. The van der Waals surface area contributed by atoms with E-state index in [0.29, 0.717) is 11.3 Å². The van der Waals surface area contributed by atoms with Gasteiger partial charge in [-0.05, 0) is 30.9 Å². The summed E-state index contributed by atoms with van der Waals surface area (Å²) in [4.78, 5) is 54.9. The lowest BCUT2D eigenvalue weighted by atomic mass is 9.85. The van der Waals surface area contributed by atoms with Gasteiger partial charge < -0.3 is 5.32 Å². The standard InChI is InChI=1S/C17H19ClN4O4/c1-10-5-2-3-7-12(10)22-16(25)15(24)21(17(22)26)9-13(23)20-11-6-4-8-19-14(11)18/h4,6,8,10,12H,2-3,5,7,9H2,1H3,(H,20,23)/t10-,12+/m0/s1. The van der Waals surface area contributed by atoms with E-state index in [-0.39, 0.29) is 22.8 Å². The number of imide groups is 2. The van der Waals surface area contributed by atoms with Gasteiger partial charge in [0.1, 0.15) is 6.54 Å². The normalized spacial score (nSPS) is 23.5. The number of amides is 5. The van der Waals surface area contributed by atoms with Gasteiger partial charge >= 0.3 is 17.8 Å². The number of aromatic nitrogens is 1. The Morgan fingerprint density at radius 1 is 1.27 bits per heavy atom. The molecule has 0 spiro atoms. The molecule has 0 unspecified atom stereocenters. The fourth-order valence-electron chi connectivity index (χ4n) is 3.45. The van der Waals surface area contributed by atoms with Gasteiger partial charge in [0.2, 0.25) is 5.91 Å². The van der Waals surface area contributed by atoms with E-state index in [1.807, 2.05) is 6.92 Å². The Morgan fingerprint density at radius 2 is 2.00 bits per heavy atom. The molecule has 1 saturated carbocycles. The molecule has 5 amide bonds. The van der Waals surface area contributed by atoms with E-state index in [1.54, 1.807) is 12.1 Å². The number of rotatable bonds is 4. The van der Waals surface area contributed by atoms with Gasteiger partial charge in [-0.25, -0.2) is 14.7 Å². The highest BCUT2D eigenvalue weighted by molar-refractivity contribution is 6.45. The fourth-order valence-corrected chi connectivity index (χ4v) is 3.61. The molecule has 1 aromatic rings. The van der Waals surface area contributed by atoms with Gasteiger partial charge in [0.25, 0.3) is 0 Å². The van der Waals surface area contributed by atoms with Crippen LogP contribution in [0.5, 0.6) is 0 Å². The monoisotopic (exact) mass is 378 g/mol. The number of pyridine rings is 1. The summed E-state index contributed by atoms with van der Waals surface area (Å²) in [6.07, 6.45) is 4.99. The Balaban J connectivity index is 1.71. The van der Waals surface area contributed by atoms with Crippen LogP contribution in [0.15, 0.2) is 18.3 Å². The molecule has 26 heavy (non-hydrogen) atoms. The first-order valence-electron chi connectivity index (χ1n) is 8.49. The Hall–Kier alpha value is -2.48. The van der Waals surface area contributed by atoms with Gasteiger partial charge in [-0.15, -0.1) is 0 Å². The summed E-state index contributed by atoms with van der Waals surface area (Å²) in [5, 5.41) is 2.58. The van der Waals surface area contributed by atoms with Crippen LogP contribution in [0.3, 0.4) is 0 Å². The van der Waals surface area contributed by atoms with Crippen molar-refractivity contribution in [3.8, 4) is 0 Å². The second-order valence-corrected chi connectivity index (χ2v) is 6.93. The Morgan fingerprint density at radius 3 is 2.69 bits per heavy atom. The second kappa shape index (κ2) is 7.41. The van der Waals surface area contributed by atoms with Crippen LogP contribution in [-0.2, 0) is 14.4 Å². The van der Waals surface area contributed by atoms with Crippen molar-refractivity contribution in [2.45, 2.75) is 38.6 Å². The molecule has 2 aliphatic rings. The fraction of sp³-hybridized carbons (Fsp3) is 0.471. The molecule has 138 valence electrons. The first kappa shape index (κ1) is 18.3. The van der Waals surface area contributed by atoms with Gasteiger partial charge in [0, 0.05) is 12.2 Å². The van der Waals surface area contributed by atoms with Crippen molar-refractivity contribution in [3.63, 3.8) is 0 Å². The van der Waals surface area contributed by atoms with Crippen molar-refractivity contribution in [3.05, 3.63) is 23.5 Å². The van der Waals surface area contributed by atoms with Crippen LogP contribution in [0.1, 0.15) is 32.6 Å². The second-order valence-electron chi connectivity index (χ2n) is 6.57. The Kier molecular flexibility index (Phi) is 5.22.